The Kier molecular flexibility index (Phi) is 2.65. The number of aromatic amines is 2. The molecule has 1 saturated heterocycles. The van der Waals surface area contributed by atoms with Crippen LogP contribution in [0.15, 0.2) is 16.9 Å². The Morgan fingerprint density at radius 1 is 1.10 bits per heavy atom. The van der Waals surface area contributed by atoms with E-state index in [1.165, 1.54) is 12.1 Å². The van der Waals surface area contributed by atoms with Crippen LogP contribution in [0.2, 0.25) is 0 Å². The van der Waals surface area contributed by atoms with Crippen molar-refractivity contribution in [3.05, 3.63) is 28.4 Å². The predicted molar refractivity (Wildman–Crippen MR) is 74.6 cm³/mol. The summed E-state index contributed by atoms with van der Waals surface area (Å²) in [7, 11) is -0.718. The van der Waals surface area contributed by atoms with Gasteiger partial charge in [0.15, 0.2) is 0 Å². The SMILES string of the molecule is CC1(C)OB(c2cc(F)cc3[nH]c(=O)[nH]c23)OC1(C)C. The molecule has 0 radical (unpaired) electrons. The van der Waals surface area contributed by atoms with E-state index in [-0.39, 0.29) is 5.69 Å². The summed E-state index contributed by atoms with van der Waals surface area (Å²) in [6, 6.07) is 2.59. The standard InChI is InChI=1S/C13H16BFN2O3/c1-12(2)13(3,4)20-14(19-12)8-5-7(15)6-9-10(8)17-11(18)16-9/h5-6H,1-4H3,(H2,16,17,18). The molecule has 0 aliphatic carbocycles. The number of fused-ring (bicyclic) bond motifs is 1. The van der Waals surface area contributed by atoms with E-state index in [9.17, 15) is 9.18 Å². The molecule has 5 nitrogen and oxygen atoms in total. The maximum atomic E-state index is 13.7. The van der Waals surface area contributed by atoms with E-state index < -0.39 is 24.1 Å². The Hall–Kier alpha value is -1.60. The van der Waals surface area contributed by atoms with Gasteiger partial charge in [-0.25, -0.2) is 9.18 Å². The van der Waals surface area contributed by atoms with Crippen molar-refractivity contribution in [1.82, 2.24) is 9.97 Å². The van der Waals surface area contributed by atoms with Gasteiger partial charge >= 0.3 is 12.8 Å². The number of hydrogen-bond donors (Lipinski definition) is 2. The minimum absolute atomic E-state index is 0.386. The normalized spacial score (nSPS) is 20.8. The summed E-state index contributed by atoms with van der Waals surface area (Å²) in [4.78, 5) is 16.6. The fourth-order valence-electron chi connectivity index (χ4n) is 2.29. The highest BCUT2D eigenvalue weighted by atomic mass is 19.1. The van der Waals surface area contributed by atoms with Gasteiger partial charge in [-0.05, 0) is 39.8 Å². The molecule has 0 spiro atoms. The quantitative estimate of drug-likeness (QED) is 0.772. The molecule has 1 aromatic heterocycles. The maximum absolute atomic E-state index is 13.7. The van der Waals surface area contributed by atoms with Crippen LogP contribution in [0, 0.1) is 5.82 Å². The second-order valence-electron chi connectivity index (χ2n) is 6.08. The first-order valence-corrected chi connectivity index (χ1v) is 6.47. The third-order valence-electron chi connectivity index (χ3n) is 4.13. The van der Waals surface area contributed by atoms with Gasteiger partial charge < -0.3 is 19.3 Å². The number of imidazole rings is 1. The van der Waals surface area contributed by atoms with Crippen molar-refractivity contribution in [2.24, 2.45) is 0 Å². The lowest BCUT2D eigenvalue weighted by atomic mass is 9.78. The summed E-state index contributed by atoms with van der Waals surface area (Å²) in [5, 5.41) is 0. The molecule has 2 heterocycles. The first-order valence-electron chi connectivity index (χ1n) is 6.47. The van der Waals surface area contributed by atoms with E-state index in [4.69, 9.17) is 9.31 Å². The topological polar surface area (TPSA) is 67.1 Å². The summed E-state index contributed by atoms with van der Waals surface area (Å²) in [5.74, 6) is -0.447. The van der Waals surface area contributed by atoms with Crippen LogP contribution in [0.25, 0.3) is 11.0 Å². The number of H-pyrrole nitrogens is 2. The van der Waals surface area contributed by atoms with Gasteiger partial charge in [-0.1, -0.05) is 0 Å². The predicted octanol–water partition coefficient (Wildman–Crippen LogP) is 1.29. The molecule has 1 aromatic carbocycles. The van der Waals surface area contributed by atoms with Crippen LogP contribution in [-0.2, 0) is 9.31 Å². The lowest BCUT2D eigenvalue weighted by Crippen LogP contribution is -2.41. The summed E-state index contributed by atoms with van der Waals surface area (Å²) in [5.41, 5.74) is -0.0326. The van der Waals surface area contributed by atoms with Crippen molar-refractivity contribution in [2.45, 2.75) is 38.9 Å². The molecule has 106 valence electrons. The van der Waals surface area contributed by atoms with Crippen LogP contribution < -0.4 is 11.2 Å². The Morgan fingerprint density at radius 3 is 2.30 bits per heavy atom. The number of benzene rings is 1. The van der Waals surface area contributed by atoms with Gasteiger partial charge in [-0.15, -0.1) is 0 Å². The third kappa shape index (κ3) is 1.89. The first-order chi connectivity index (χ1) is 9.19. The number of hydrogen-bond acceptors (Lipinski definition) is 3. The zero-order valence-corrected chi connectivity index (χ0v) is 11.8. The van der Waals surface area contributed by atoms with Crippen LogP contribution in [0.5, 0.6) is 0 Å². The monoisotopic (exact) mass is 278 g/mol. The van der Waals surface area contributed by atoms with E-state index in [0.717, 1.165) is 0 Å². The van der Waals surface area contributed by atoms with Crippen molar-refractivity contribution < 1.29 is 13.7 Å². The lowest BCUT2D eigenvalue weighted by molar-refractivity contribution is 0.00578. The largest absolute Gasteiger partial charge is 0.497 e. The molecular weight excluding hydrogens is 262 g/mol. The molecule has 3 rings (SSSR count). The Bertz CT molecular complexity index is 719. The highest BCUT2D eigenvalue weighted by Crippen LogP contribution is 2.36. The fraction of sp³-hybridized carbons (Fsp3) is 0.462. The number of rotatable bonds is 1. The molecule has 7 heteroatoms. The van der Waals surface area contributed by atoms with Gasteiger partial charge in [0.25, 0.3) is 0 Å². The molecule has 0 atom stereocenters. The van der Waals surface area contributed by atoms with Gasteiger partial charge in [-0.2, -0.15) is 0 Å². The highest BCUT2D eigenvalue weighted by molar-refractivity contribution is 6.64. The van der Waals surface area contributed by atoms with Gasteiger partial charge in [0, 0.05) is 5.46 Å². The molecule has 0 bridgehead atoms. The summed E-state index contributed by atoms with van der Waals surface area (Å²) >= 11 is 0. The zero-order chi connectivity index (χ0) is 14.7. The number of aromatic nitrogens is 2. The average Bonchev–Trinajstić information content (AvgIpc) is 2.75. The molecule has 1 aliphatic heterocycles. The van der Waals surface area contributed by atoms with Crippen LogP contribution in [-0.4, -0.2) is 28.3 Å². The van der Waals surface area contributed by atoms with Crippen LogP contribution in [0.1, 0.15) is 27.7 Å². The first kappa shape index (κ1) is 13.4. The van der Waals surface area contributed by atoms with E-state index in [1.54, 1.807) is 0 Å². The number of nitrogens with one attached hydrogen (secondary N) is 2. The molecule has 0 amide bonds. The van der Waals surface area contributed by atoms with Gasteiger partial charge in [0.2, 0.25) is 0 Å². The molecule has 1 fully saturated rings. The minimum atomic E-state index is -0.718. The summed E-state index contributed by atoms with van der Waals surface area (Å²) < 4.78 is 25.5. The van der Waals surface area contributed by atoms with E-state index in [2.05, 4.69) is 9.97 Å². The Morgan fingerprint density at radius 2 is 1.70 bits per heavy atom. The van der Waals surface area contributed by atoms with Crippen LogP contribution >= 0.6 is 0 Å². The van der Waals surface area contributed by atoms with Crippen molar-refractivity contribution in [3.63, 3.8) is 0 Å². The second kappa shape index (κ2) is 3.96. The van der Waals surface area contributed by atoms with Gasteiger partial charge in [0.1, 0.15) is 5.82 Å². The Labute approximate surface area is 115 Å². The van der Waals surface area contributed by atoms with Gasteiger partial charge in [-0.3, -0.25) is 0 Å². The highest BCUT2D eigenvalue weighted by Gasteiger charge is 2.52. The molecule has 2 aromatic rings. The van der Waals surface area contributed by atoms with Crippen LogP contribution in [0.4, 0.5) is 4.39 Å². The zero-order valence-electron chi connectivity index (χ0n) is 11.8. The van der Waals surface area contributed by atoms with Crippen molar-refractivity contribution in [1.29, 1.82) is 0 Å². The van der Waals surface area contributed by atoms with Crippen molar-refractivity contribution >= 4 is 23.6 Å². The second-order valence-corrected chi connectivity index (χ2v) is 6.08. The molecule has 0 unspecified atom stereocenters. The van der Waals surface area contributed by atoms with Crippen LogP contribution in [0.3, 0.4) is 0 Å². The van der Waals surface area contributed by atoms with E-state index in [1.807, 2.05) is 27.7 Å². The Balaban J connectivity index is 2.14. The minimum Gasteiger partial charge on any atom is -0.399 e. The molecule has 2 N–H and O–H groups in total. The van der Waals surface area contributed by atoms with Gasteiger partial charge in [0.05, 0.1) is 22.2 Å². The molecule has 20 heavy (non-hydrogen) atoms. The smallest absolute Gasteiger partial charge is 0.399 e. The van der Waals surface area contributed by atoms with E-state index in [0.29, 0.717) is 16.5 Å². The van der Waals surface area contributed by atoms with Crippen molar-refractivity contribution in [3.8, 4) is 0 Å². The van der Waals surface area contributed by atoms with E-state index >= 15 is 0 Å². The molecule has 1 aliphatic rings. The molecular formula is C13H16BFN2O3. The average molecular weight is 278 g/mol. The maximum Gasteiger partial charge on any atom is 0.497 e. The fourth-order valence-corrected chi connectivity index (χ4v) is 2.29. The lowest BCUT2D eigenvalue weighted by Gasteiger charge is -2.32. The summed E-state index contributed by atoms with van der Waals surface area (Å²) in [6.45, 7) is 7.68. The van der Waals surface area contributed by atoms with Crippen molar-refractivity contribution in [2.75, 3.05) is 0 Å². The molecule has 0 saturated carbocycles. The number of halogens is 1. The third-order valence-corrected chi connectivity index (χ3v) is 4.13. The summed E-state index contributed by atoms with van der Waals surface area (Å²) in [6.07, 6.45) is 0.